The zero-order chi connectivity index (χ0) is 9.54. The van der Waals surface area contributed by atoms with Crippen molar-refractivity contribution in [2.45, 2.75) is 38.0 Å². The Morgan fingerprint density at radius 2 is 2.21 bits per heavy atom. The minimum absolute atomic E-state index is 0.317. The molecule has 1 unspecified atom stereocenters. The molecule has 0 radical (unpaired) electrons. The van der Waals surface area contributed by atoms with E-state index in [1.54, 1.807) is 0 Å². The number of aromatic amines is 1. The van der Waals surface area contributed by atoms with Crippen molar-refractivity contribution in [3.05, 3.63) is 17.2 Å². The van der Waals surface area contributed by atoms with Crippen LogP contribution < -0.4 is 0 Å². The SMILES string of the molecule is OCC1CCc2nc(C3CC3)[nH]c2C1. The van der Waals surface area contributed by atoms with Crippen molar-refractivity contribution >= 4 is 0 Å². The molecule has 0 bridgehead atoms. The number of aliphatic hydroxyl groups is 1. The van der Waals surface area contributed by atoms with Gasteiger partial charge in [-0.25, -0.2) is 4.98 Å². The molecule has 1 aromatic rings. The average Bonchev–Trinajstić information content (AvgIpc) is 2.97. The minimum atomic E-state index is 0.317. The van der Waals surface area contributed by atoms with Gasteiger partial charge in [0.05, 0.1) is 5.69 Å². The Bertz CT molecular complexity index is 341. The number of rotatable bonds is 2. The number of hydrogen-bond donors (Lipinski definition) is 2. The number of nitrogens with one attached hydrogen (secondary N) is 1. The molecule has 2 N–H and O–H groups in total. The Morgan fingerprint density at radius 1 is 1.36 bits per heavy atom. The molecule has 0 spiro atoms. The van der Waals surface area contributed by atoms with Crippen molar-refractivity contribution in [1.82, 2.24) is 9.97 Å². The fraction of sp³-hybridized carbons (Fsp3) is 0.727. The van der Waals surface area contributed by atoms with E-state index in [1.165, 1.54) is 30.1 Å². The van der Waals surface area contributed by atoms with Gasteiger partial charge in [-0.3, -0.25) is 0 Å². The standard InChI is InChI=1S/C11H16N2O/c14-6-7-1-4-9-10(5-7)13-11(12-9)8-2-3-8/h7-8,14H,1-6H2,(H,12,13). The van der Waals surface area contributed by atoms with E-state index in [1.807, 2.05) is 0 Å². The molecular formula is C11H16N2O. The van der Waals surface area contributed by atoms with Crippen LogP contribution in [0.1, 0.15) is 42.4 Å². The van der Waals surface area contributed by atoms with Crippen molar-refractivity contribution in [2.75, 3.05) is 6.61 Å². The molecule has 2 aliphatic carbocycles. The zero-order valence-electron chi connectivity index (χ0n) is 8.29. The van der Waals surface area contributed by atoms with Crippen LogP contribution in [0.2, 0.25) is 0 Å². The lowest BCUT2D eigenvalue weighted by Gasteiger charge is -2.18. The molecule has 1 fully saturated rings. The molecule has 1 heterocycles. The monoisotopic (exact) mass is 192 g/mol. The number of aliphatic hydroxyl groups excluding tert-OH is 1. The van der Waals surface area contributed by atoms with Crippen LogP contribution in [0.3, 0.4) is 0 Å². The highest BCUT2D eigenvalue weighted by molar-refractivity contribution is 5.21. The summed E-state index contributed by atoms with van der Waals surface area (Å²) < 4.78 is 0. The zero-order valence-corrected chi connectivity index (χ0v) is 8.29. The van der Waals surface area contributed by atoms with Gasteiger partial charge in [-0.1, -0.05) is 0 Å². The number of hydrogen-bond acceptors (Lipinski definition) is 2. The molecule has 76 valence electrons. The topological polar surface area (TPSA) is 48.9 Å². The first-order chi connectivity index (χ1) is 6.86. The van der Waals surface area contributed by atoms with Gasteiger partial charge in [-0.05, 0) is 38.0 Å². The fourth-order valence-electron chi connectivity index (χ4n) is 2.28. The maximum atomic E-state index is 9.11. The number of imidazole rings is 1. The van der Waals surface area contributed by atoms with Gasteiger partial charge in [0.2, 0.25) is 0 Å². The molecule has 1 atom stereocenters. The summed E-state index contributed by atoms with van der Waals surface area (Å²) in [5.41, 5.74) is 2.55. The van der Waals surface area contributed by atoms with E-state index >= 15 is 0 Å². The van der Waals surface area contributed by atoms with Crippen LogP contribution in [-0.4, -0.2) is 21.7 Å². The molecule has 0 aromatic carbocycles. The largest absolute Gasteiger partial charge is 0.396 e. The fourth-order valence-corrected chi connectivity index (χ4v) is 2.28. The van der Waals surface area contributed by atoms with Crippen LogP contribution in [0.4, 0.5) is 0 Å². The molecule has 3 rings (SSSR count). The van der Waals surface area contributed by atoms with E-state index in [-0.39, 0.29) is 0 Å². The Hall–Kier alpha value is -0.830. The minimum Gasteiger partial charge on any atom is -0.396 e. The lowest BCUT2D eigenvalue weighted by molar-refractivity contribution is 0.212. The third kappa shape index (κ3) is 1.36. The van der Waals surface area contributed by atoms with Crippen molar-refractivity contribution in [3.8, 4) is 0 Å². The maximum Gasteiger partial charge on any atom is 0.109 e. The predicted molar refractivity (Wildman–Crippen MR) is 53.2 cm³/mol. The Morgan fingerprint density at radius 3 is 2.93 bits per heavy atom. The third-order valence-electron chi connectivity index (χ3n) is 3.39. The second kappa shape index (κ2) is 3.09. The third-order valence-corrected chi connectivity index (χ3v) is 3.39. The van der Waals surface area contributed by atoms with E-state index in [0.717, 1.165) is 19.3 Å². The molecular weight excluding hydrogens is 176 g/mol. The lowest BCUT2D eigenvalue weighted by Crippen LogP contribution is -2.17. The summed E-state index contributed by atoms with van der Waals surface area (Å²) >= 11 is 0. The number of H-pyrrole nitrogens is 1. The van der Waals surface area contributed by atoms with Crippen LogP contribution in [0.25, 0.3) is 0 Å². The smallest absolute Gasteiger partial charge is 0.109 e. The molecule has 0 saturated heterocycles. The molecule has 0 amide bonds. The quantitative estimate of drug-likeness (QED) is 0.743. The molecule has 0 aliphatic heterocycles. The highest BCUT2D eigenvalue weighted by Gasteiger charge is 2.29. The summed E-state index contributed by atoms with van der Waals surface area (Å²) in [7, 11) is 0. The van der Waals surface area contributed by atoms with Gasteiger partial charge in [0.15, 0.2) is 0 Å². The van der Waals surface area contributed by atoms with Crippen LogP contribution >= 0.6 is 0 Å². The summed E-state index contributed by atoms with van der Waals surface area (Å²) in [4.78, 5) is 8.08. The first-order valence-electron chi connectivity index (χ1n) is 5.55. The van der Waals surface area contributed by atoms with Gasteiger partial charge < -0.3 is 10.1 Å². The van der Waals surface area contributed by atoms with E-state index in [2.05, 4.69) is 9.97 Å². The molecule has 3 heteroatoms. The lowest BCUT2D eigenvalue weighted by atomic mass is 9.91. The molecule has 1 saturated carbocycles. The highest BCUT2D eigenvalue weighted by atomic mass is 16.3. The number of aromatic nitrogens is 2. The molecule has 1 aromatic heterocycles. The van der Waals surface area contributed by atoms with Crippen molar-refractivity contribution in [3.63, 3.8) is 0 Å². The van der Waals surface area contributed by atoms with E-state index in [9.17, 15) is 0 Å². The Balaban J connectivity index is 1.85. The molecule has 14 heavy (non-hydrogen) atoms. The first kappa shape index (κ1) is 8.48. The van der Waals surface area contributed by atoms with Gasteiger partial charge in [-0.15, -0.1) is 0 Å². The van der Waals surface area contributed by atoms with E-state index in [4.69, 9.17) is 5.11 Å². The van der Waals surface area contributed by atoms with Gasteiger partial charge in [-0.2, -0.15) is 0 Å². The number of fused-ring (bicyclic) bond motifs is 1. The Labute approximate surface area is 83.6 Å². The van der Waals surface area contributed by atoms with Crippen molar-refractivity contribution in [2.24, 2.45) is 5.92 Å². The summed E-state index contributed by atoms with van der Waals surface area (Å²) in [5, 5.41) is 9.11. The van der Waals surface area contributed by atoms with Crippen LogP contribution in [-0.2, 0) is 12.8 Å². The van der Waals surface area contributed by atoms with Crippen molar-refractivity contribution < 1.29 is 5.11 Å². The van der Waals surface area contributed by atoms with Crippen LogP contribution in [0, 0.1) is 5.92 Å². The normalized spacial score (nSPS) is 26.2. The number of aryl methyl sites for hydroxylation is 1. The number of nitrogens with zero attached hydrogens (tertiary/aromatic N) is 1. The van der Waals surface area contributed by atoms with E-state index < -0.39 is 0 Å². The average molecular weight is 192 g/mol. The molecule has 3 nitrogen and oxygen atoms in total. The van der Waals surface area contributed by atoms with Gasteiger partial charge in [0, 0.05) is 18.2 Å². The van der Waals surface area contributed by atoms with Gasteiger partial charge >= 0.3 is 0 Å². The maximum absolute atomic E-state index is 9.11. The summed E-state index contributed by atoms with van der Waals surface area (Å²) in [6, 6.07) is 0. The Kier molecular flexibility index (Phi) is 1.87. The predicted octanol–water partition coefficient (Wildman–Crippen LogP) is 1.38. The summed E-state index contributed by atoms with van der Waals surface area (Å²) in [6.45, 7) is 0.317. The highest BCUT2D eigenvalue weighted by Crippen LogP contribution is 2.39. The first-order valence-corrected chi connectivity index (χ1v) is 5.55. The van der Waals surface area contributed by atoms with Crippen LogP contribution in [0.5, 0.6) is 0 Å². The summed E-state index contributed by atoms with van der Waals surface area (Å²) in [5.74, 6) is 2.37. The van der Waals surface area contributed by atoms with Crippen molar-refractivity contribution in [1.29, 1.82) is 0 Å². The molecule has 2 aliphatic rings. The van der Waals surface area contributed by atoms with Crippen LogP contribution in [0.15, 0.2) is 0 Å². The second-order valence-corrected chi connectivity index (χ2v) is 4.61. The van der Waals surface area contributed by atoms with Gasteiger partial charge in [0.25, 0.3) is 0 Å². The summed E-state index contributed by atoms with van der Waals surface area (Å²) in [6.07, 6.45) is 5.74. The second-order valence-electron chi connectivity index (χ2n) is 4.61. The van der Waals surface area contributed by atoms with Gasteiger partial charge in [0.1, 0.15) is 5.82 Å². The van der Waals surface area contributed by atoms with E-state index in [0.29, 0.717) is 18.4 Å².